The Bertz CT molecular complexity index is 790. The van der Waals surface area contributed by atoms with E-state index < -0.39 is 77.7 Å². The van der Waals surface area contributed by atoms with E-state index in [1.54, 1.807) is 6.92 Å². The molecule has 0 saturated heterocycles. The highest BCUT2D eigenvalue weighted by Gasteiger charge is 2.70. The zero-order chi connectivity index (χ0) is 29.8. The molecule has 0 radical (unpaired) electrons. The lowest BCUT2D eigenvalue weighted by molar-refractivity contribution is -0.209. The van der Waals surface area contributed by atoms with Crippen molar-refractivity contribution in [2.45, 2.75) is 116 Å². The molecule has 0 aromatic carbocycles. The molecule has 6 N–H and O–H groups in total. The smallest absolute Gasteiger partial charge is 0.349 e. The van der Waals surface area contributed by atoms with E-state index in [9.17, 15) is 34.5 Å². The summed E-state index contributed by atoms with van der Waals surface area (Å²) >= 11 is 0. The number of rotatable bonds is 20. The number of Topliss-reactive ketones (excluding diaryl/α,β-unsaturated/α-hetero) is 2. The van der Waals surface area contributed by atoms with Crippen LogP contribution in [0.5, 0.6) is 0 Å². The van der Waals surface area contributed by atoms with Gasteiger partial charge in [-0.05, 0) is 60.7 Å². The van der Waals surface area contributed by atoms with Crippen LogP contribution in [0.1, 0.15) is 80.1 Å². The van der Waals surface area contributed by atoms with Gasteiger partial charge in [-0.15, -0.1) is 0 Å². The molecule has 0 aliphatic heterocycles. The molecule has 38 heavy (non-hydrogen) atoms. The second-order valence-electron chi connectivity index (χ2n) is 10.4. The van der Waals surface area contributed by atoms with Crippen molar-refractivity contribution < 1.29 is 39.2 Å². The number of carbonyl (C=O) groups is 4. The number of unbranched alkanes of at least 4 members (excludes halogenated alkanes) is 1. The summed E-state index contributed by atoms with van der Waals surface area (Å²) < 4.78 is 5.71. The number of aliphatic hydroxyl groups excluding tert-OH is 2. The van der Waals surface area contributed by atoms with Crippen LogP contribution in [0.2, 0.25) is 0 Å². The Hall–Kier alpha value is -1.92. The summed E-state index contributed by atoms with van der Waals surface area (Å²) in [5.74, 6) is -4.69. The molecule has 8 atom stereocenters. The quantitative estimate of drug-likeness (QED) is 0.0952. The van der Waals surface area contributed by atoms with E-state index in [-0.39, 0.29) is 5.92 Å². The van der Waals surface area contributed by atoms with Crippen molar-refractivity contribution in [2.24, 2.45) is 11.3 Å². The number of hydrogen-bond acceptors (Lipinski definition) is 10. The largest absolute Gasteiger partial charge is 0.478 e. The van der Waals surface area contributed by atoms with Gasteiger partial charge >= 0.3 is 11.9 Å². The van der Waals surface area contributed by atoms with Crippen molar-refractivity contribution in [1.82, 2.24) is 16.0 Å². The number of hydrogen-bond donors (Lipinski definition) is 6. The minimum absolute atomic E-state index is 0.291. The molecule has 0 aromatic heterocycles. The van der Waals surface area contributed by atoms with Crippen molar-refractivity contribution >= 4 is 23.5 Å². The lowest BCUT2D eigenvalue weighted by Gasteiger charge is -2.49. The predicted molar refractivity (Wildman–Crippen MR) is 145 cm³/mol. The summed E-state index contributed by atoms with van der Waals surface area (Å²) in [6.07, 6.45) is -1.91. The van der Waals surface area contributed by atoms with E-state index in [0.717, 1.165) is 6.42 Å². The van der Waals surface area contributed by atoms with Crippen LogP contribution in [0.25, 0.3) is 0 Å². The lowest BCUT2D eigenvalue weighted by atomic mass is 9.57. The van der Waals surface area contributed by atoms with Crippen LogP contribution < -0.4 is 16.0 Å². The van der Waals surface area contributed by atoms with Crippen LogP contribution in [0, 0.1) is 11.3 Å². The molecule has 4 unspecified atom stereocenters. The zero-order valence-corrected chi connectivity index (χ0v) is 24.6. The molecule has 11 nitrogen and oxygen atoms in total. The highest BCUT2D eigenvalue weighted by Crippen LogP contribution is 2.47. The van der Waals surface area contributed by atoms with Crippen molar-refractivity contribution in [2.75, 3.05) is 21.1 Å². The SMILES string of the molecule is CCCC[C@@H](NC)C(=O)C(CC(C)O)(C(=O)[C@@H](NC)[C@@H](C)CC)C(CC(C)O)(OC(=O)[C@@H](C)NC)C(=O)O. The van der Waals surface area contributed by atoms with E-state index in [1.807, 2.05) is 13.8 Å². The molecule has 11 heteroatoms. The summed E-state index contributed by atoms with van der Waals surface area (Å²) in [6.45, 7) is 9.67. The van der Waals surface area contributed by atoms with Crippen molar-refractivity contribution in [3.63, 3.8) is 0 Å². The van der Waals surface area contributed by atoms with Gasteiger partial charge in [0, 0.05) is 6.42 Å². The first kappa shape index (κ1) is 36.1. The fourth-order valence-corrected chi connectivity index (χ4v) is 5.03. The molecule has 0 heterocycles. The maximum atomic E-state index is 14.6. The molecule has 0 amide bonds. The first-order valence-corrected chi connectivity index (χ1v) is 13.6. The second-order valence-corrected chi connectivity index (χ2v) is 10.4. The number of likely N-dealkylation sites (N-methyl/N-ethyl adjacent to an activating group) is 3. The van der Waals surface area contributed by atoms with Gasteiger partial charge in [-0.25, -0.2) is 4.79 Å². The third kappa shape index (κ3) is 8.05. The van der Waals surface area contributed by atoms with E-state index in [2.05, 4.69) is 16.0 Å². The minimum atomic E-state index is -2.81. The van der Waals surface area contributed by atoms with Gasteiger partial charge in [-0.1, -0.05) is 40.0 Å². The van der Waals surface area contributed by atoms with Crippen LogP contribution in [-0.4, -0.2) is 95.9 Å². The Labute approximate surface area is 227 Å². The van der Waals surface area contributed by atoms with E-state index in [1.165, 1.54) is 41.9 Å². The summed E-state index contributed by atoms with van der Waals surface area (Å²) in [5.41, 5.74) is -5.34. The van der Waals surface area contributed by atoms with Crippen LogP contribution in [0.4, 0.5) is 0 Å². The fraction of sp³-hybridized carbons (Fsp3) is 0.852. The molecule has 0 aliphatic rings. The number of aliphatic hydroxyl groups is 2. The number of aliphatic carboxylic acids is 1. The normalized spacial score (nSPS) is 19.7. The number of ketones is 2. The standard InChI is InChI=1S/C27H51N3O8/c1-10-12-13-20(29-8)22(33)26(14-17(4)31,23(34)21(30-9)16(3)11-2)27(25(36)37,15-18(5)32)38-24(35)19(6)28-7/h16-21,28-32H,10-15H2,1-9H3,(H,36,37)/t16-,17?,18?,19+,20+,21-,26?,27?/m0/s1. The minimum Gasteiger partial charge on any atom is -0.478 e. The van der Waals surface area contributed by atoms with Gasteiger partial charge in [-0.2, -0.15) is 0 Å². The van der Waals surface area contributed by atoms with E-state index >= 15 is 0 Å². The van der Waals surface area contributed by atoms with Gasteiger partial charge in [0.1, 0.15) is 11.5 Å². The molecule has 222 valence electrons. The van der Waals surface area contributed by atoms with Gasteiger partial charge in [0.2, 0.25) is 5.60 Å². The van der Waals surface area contributed by atoms with Gasteiger partial charge in [0.15, 0.2) is 11.6 Å². The molecular formula is C27H51N3O8. The summed E-state index contributed by atoms with van der Waals surface area (Å²) in [4.78, 5) is 55.7. The Morgan fingerprint density at radius 2 is 1.39 bits per heavy atom. The number of esters is 1. The molecule has 0 aromatic rings. The molecule has 0 rings (SSSR count). The average molecular weight is 546 g/mol. The zero-order valence-electron chi connectivity index (χ0n) is 24.6. The fourth-order valence-electron chi connectivity index (χ4n) is 5.03. The predicted octanol–water partition coefficient (Wildman–Crippen LogP) is 1.04. The molecule has 0 saturated carbocycles. The third-order valence-corrected chi connectivity index (χ3v) is 7.44. The first-order chi connectivity index (χ1) is 17.7. The summed E-state index contributed by atoms with van der Waals surface area (Å²) in [6, 6.07) is -2.95. The molecule has 0 fully saturated rings. The van der Waals surface area contributed by atoms with Crippen molar-refractivity contribution in [1.29, 1.82) is 0 Å². The second kappa shape index (κ2) is 16.2. The maximum Gasteiger partial charge on any atom is 0.349 e. The van der Waals surface area contributed by atoms with Gasteiger partial charge in [0.25, 0.3) is 0 Å². The number of carboxylic acid groups (broad SMARTS) is 1. The highest BCUT2D eigenvalue weighted by atomic mass is 16.6. The molecule has 0 spiro atoms. The molecular weight excluding hydrogens is 494 g/mol. The van der Waals surface area contributed by atoms with Crippen LogP contribution in [-0.2, 0) is 23.9 Å². The van der Waals surface area contributed by atoms with Crippen LogP contribution in [0.15, 0.2) is 0 Å². The Kier molecular flexibility index (Phi) is 15.4. The van der Waals surface area contributed by atoms with E-state index in [0.29, 0.717) is 19.3 Å². The van der Waals surface area contributed by atoms with E-state index in [4.69, 9.17) is 4.74 Å². The van der Waals surface area contributed by atoms with Crippen LogP contribution >= 0.6 is 0 Å². The van der Waals surface area contributed by atoms with Gasteiger partial charge in [-0.3, -0.25) is 14.4 Å². The third-order valence-electron chi connectivity index (χ3n) is 7.44. The molecule has 0 bridgehead atoms. The Balaban J connectivity index is 7.92. The van der Waals surface area contributed by atoms with Gasteiger partial charge in [0.05, 0.1) is 24.3 Å². The number of nitrogens with one attached hydrogen (secondary N) is 3. The highest BCUT2D eigenvalue weighted by molar-refractivity contribution is 6.16. The summed E-state index contributed by atoms with van der Waals surface area (Å²) in [7, 11) is 4.54. The average Bonchev–Trinajstić information content (AvgIpc) is 2.85. The number of ether oxygens (including phenoxy) is 1. The number of carbonyl (C=O) groups excluding carboxylic acids is 3. The van der Waals surface area contributed by atoms with Crippen molar-refractivity contribution in [3.05, 3.63) is 0 Å². The topological polar surface area (TPSA) is 174 Å². The monoisotopic (exact) mass is 545 g/mol. The maximum absolute atomic E-state index is 14.6. The molecule has 0 aliphatic carbocycles. The first-order valence-electron chi connectivity index (χ1n) is 13.6. The Morgan fingerprint density at radius 3 is 1.76 bits per heavy atom. The summed E-state index contributed by atoms with van der Waals surface area (Å²) in [5, 5.41) is 40.5. The lowest BCUT2D eigenvalue weighted by Crippen LogP contribution is -2.71. The van der Waals surface area contributed by atoms with Gasteiger partial charge < -0.3 is 36.0 Å². The van der Waals surface area contributed by atoms with Crippen LogP contribution in [0.3, 0.4) is 0 Å². The number of carboxylic acids is 1. The Morgan fingerprint density at radius 1 is 0.842 bits per heavy atom. The van der Waals surface area contributed by atoms with Crippen molar-refractivity contribution in [3.8, 4) is 0 Å².